The van der Waals surface area contributed by atoms with E-state index < -0.39 is 24.3 Å². The third-order valence-corrected chi connectivity index (χ3v) is 11.8. The van der Waals surface area contributed by atoms with E-state index in [0.29, 0.717) is 48.1 Å². The highest BCUT2D eigenvalue weighted by Gasteiger charge is 2.41. The summed E-state index contributed by atoms with van der Waals surface area (Å²) in [6, 6.07) is 8.92. The van der Waals surface area contributed by atoms with Gasteiger partial charge < -0.3 is 45.0 Å². The van der Waals surface area contributed by atoms with Gasteiger partial charge >= 0.3 is 12.2 Å². The summed E-state index contributed by atoms with van der Waals surface area (Å²) in [6.07, 6.45) is 2.85. The molecule has 16 heteroatoms. The first-order valence-corrected chi connectivity index (χ1v) is 20.3. The number of carbonyl (C=O) groups excluding carboxylic acids is 4. The Kier molecular flexibility index (Phi) is 11.9. The predicted octanol–water partition coefficient (Wildman–Crippen LogP) is 4.17. The number of hydrogen-bond donors (Lipinski definition) is 4. The summed E-state index contributed by atoms with van der Waals surface area (Å²) < 4.78 is 15.9. The van der Waals surface area contributed by atoms with E-state index >= 15 is 0 Å². The molecule has 0 spiro atoms. The minimum atomic E-state index is -0.723. The number of fused-ring (bicyclic) bond motifs is 2. The van der Waals surface area contributed by atoms with E-state index in [1.54, 1.807) is 11.0 Å². The van der Waals surface area contributed by atoms with Crippen LogP contribution in [0.1, 0.15) is 83.0 Å². The second-order valence-corrected chi connectivity index (χ2v) is 16.2. The van der Waals surface area contributed by atoms with Crippen LogP contribution in [0.4, 0.5) is 9.59 Å². The van der Waals surface area contributed by atoms with Gasteiger partial charge in [-0.1, -0.05) is 39.8 Å². The van der Waals surface area contributed by atoms with E-state index in [-0.39, 0.29) is 53.2 Å². The van der Waals surface area contributed by atoms with E-state index in [1.165, 1.54) is 14.2 Å². The highest BCUT2D eigenvalue weighted by atomic mass is 16.5. The zero-order valence-electron chi connectivity index (χ0n) is 34.0. The summed E-state index contributed by atoms with van der Waals surface area (Å²) in [6.45, 7) is 9.60. The molecule has 0 bridgehead atoms. The number of alkyl carbamates (subject to hydrolysis) is 2. The van der Waals surface area contributed by atoms with Gasteiger partial charge in [0.05, 0.1) is 62.2 Å². The van der Waals surface area contributed by atoms with Crippen LogP contribution in [0.5, 0.6) is 0 Å². The molecular formula is C42H54N8O8. The quantitative estimate of drug-likeness (QED) is 0.216. The number of nitrogens with zero attached hydrogens (tertiary/aromatic N) is 4. The Morgan fingerprint density at radius 1 is 0.707 bits per heavy atom. The van der Waals surface area contributed by atoms with Crippen LogP contribution in [0.25, 0.3) is 21.9 Å². The van der Waals surface area contributed by atoms with E-state index in [4.69, 9.17) is 23.9 Å². The molecule has 2 aromatic carbocycles. The van der Waals surface area contributed by atoms with Gasteiger partial charge in [0, 0.05) is 13.1 Å². The molecule has 310 valence electrons. The summed E-state index contributed by atoms with van der Waals surface area (Å²) in [5.74, 6) is 0.870. The smallest absolute Gasteiger partial charge is 0.407 e. The van der Waals surface area contributed by atoms with Gasteiger partial charge in [0.1, 0.15) is 34.9 Å². The summed E-state index contributed by atoms with van der Waals surface area (Å²) in [7, 11) is 2.56. The lowest BCUT2D eigenvalue weighted by molar-refractivity contribution is -0.136. The minimum absolute atomic E-state index is 0.130. The molecule has 0 radical (unpaired) electrons. The molecular weight excluding hydrogens is 745 g/mol. The van der Waals surface area contributed by atoms with Crippen molar-refractivity contribution < 1.29 is 33.1 Å². The van der Waals surface area contributed by atoms with Crippen LogP contribution in [-0.2, 0) is 19.1 Å². The number of benzene rings is 2. The lowest BCUT2D eigenvalue weighted by Crippen LogP contribution is -2.58. The van der Waals surface area contributed by atoms with Crippen molar-refractivity contribution in [2.24, 2.45) is 21.8 Å². The Morgan fingerprint density at radius 2 is 1.22 bits per heavy atom. The molecule has 4 aliphatic heterocycles. The number of rotatable bonds is 10. The number of amidine groups is 2. The molecule has 0 aliphatic carbocycles. The number of hydrogen-bond acceptors (Lipinski definition) is 12. The summed E-state index contributed by atoms with van der Waals surface area (Å²) in [4.78, 5) is 78.6. The number of methoxy groups -OCH3 is 2. The number of piperidine rings is 1. The van der Waals surface area contributed by atoms with Crippen molar-refractivity contribution in [1.82, 2.24) is 31.1 Å². The third-order valence-electron chi connectivity index (χ3n) is 11.8. The zero-order valence-corrected chi connectivity index (χ0v) is 34.0. The van der Waals surface area contributed by atoms with Crippen molar-refractivity contribution in [2.75, 3.05) is 40.4 Å². The maximum atomic E-state index is 13.9. The number of ether oxygens (including phenoxy) is 2. The van der Waals surface area contributed by atoms with E-state index in [9.17, 15) is 24.0 Å². The lowest BCUT2D eigenvalue weighted by Gasteiger charge is -2.38. The molecule has 2 saturated heterocycles. The van der Waals surface area contributed by atoms with Gasteiger partial charge in [-0.15, -0.1) is 0 Å². The van der Waals surface area contributed by atoms with Crippen LogP contribution < -0.4 is 26.7 Å². The van der Waals surface area contributed by atoms with E-state index in [1.807, 2.05) is 62.9 Å². The average molecular weight is 799 g/mol. The first-order chi connectivity index (χ1) is 27.9. The molecule has 58 heavy (non-hydrogen) atoms. The van der Waals surface area contributed by atoms with Crippen LogP contribution in [-0.4, -0.2) is 110 Å². The molecule has 5 heterocycles. The third kappa shape index (κ3) is 8.05. The Balaban J connectivity index is 1.04. The Labute approximate surface area is 337 Å². The predicted molar refractivity (Wildman–Crippen MR) is 219 cm³/mol. The Bertz CT molecular complexity index is 2200. The van der Waals surface area contributed by atoms with Gasteiger partial charge in [0.25, 0.3) is 0 Å². The monoisotopic (exact) mass is 798 g/mol. The fourth-order valence-electron chi connectivity index (χ4n) is 8.57. The van der Waals surface area contributed by atoms with Crippen molar-refractivity contribution in [2.45, 2.75) is 96.1 Å². The van der Waals surface area contributed by atoms with Crippen molar-refractivity contribution in [1.29, 1.82) is 0 Å². The Morgan fingerprint density at radius 3 is 1.78 bits per heavy atom. The van der Waals surface area contributed by atoms with Gasteiger partial charge in [0.2, 0.25) is 17.2 Å². The molecule has 2 fully saturated rings. The fourth-order valence-corrected chi connectivity index (χ4v) is 8.57. The zero-order chi connectivity index (χ0) is 41.2. The van der Waals surface area contributed by atoms with Crippen molar-refractivity contribution in [3.8, 4) is 0 Å². The SMILES string of the molecule is COC(=O)N[C@H](C(=O)N1CCCC[C@H]1C1=NCC(c2ccc3oc4cc(C5CN=C([C@@H]6CCCN6C(=O)[C@@H](NC(=O)OC)C(C)C)N5)ccc4c(=O)c3c2)N1)C(C)C. The molecule has 6 atom stereocenters. The molecule has 16 nitrogen and oxygen atoms in total. The van der Waals surface area contributed by atoms with Gasteiger partial charge in [0.15, 0.2) is 0 Å². The summed E-state index contributed by atoms with van der Waals surface area (Å²) in [5.41, 5.74) is 2.59. The number of nitrogens with one attached hydrogen (secondary N) is 4. The number of aliphatic imine (C=N–C) groups is 2. The van der Waals surface area contributed by atoms with Gasteiger partial charge in [-0.2, -0.15) is 0 Å². The van der Waals surface area contributed by atoms with Gasteiger partial charge in [-0.25, -0.2) is 9.59 Å². The molecule has 4 aliphatic rings. The highest BCUT2D eigenvalue weighted by Crippen LogP contribution is 2.30. The van der Waals surface area contributed by atoms with Crippen LogP contribution in [0.3, 0.4) is 0 Å². The van der Waals surface area contributed by atoms with Crippen LogP contribution in [0.15, 0.2) is 55.6 Å². The molecule has 4 amide bonds. The normalized spacial score (nSPS) is 23.0. The van der Waals surface area contributed by atoms with Crippen LogP contribution in [0.2, 0.25) is 0 Å². The summed E-state index contributed by atoms with van der Waals surface area (Å²) >= 11 is 0. The van der Waals surface area contributed by atoms with Gasteiger partial charge in [-0.05, 0) is 79.3 Å². The lowest BCUT2D eigenvalue weighted by atomic mass is 9.96. The second-order valence-electron chi connectivity index (χ2n) is 16.2. The van der Waals surface area contributed by atoms with Crippen LogP contribution in [0, 0.1) is 11.8 Å². The molecule has 3 aromatic rings. The van der Waals surface area contributed by atoms with Crippen LogP contribution >= 0.6 is 0 Å². The molecule has 4 N–H and O–H groups in total. The standard InChI is InChI=1S/C42H54N8O8/c1-22(2)34(47-41(54)56-5)39(52)49-16-8-7-10-30(49)37-43-20-28(45-37)24-13-15-32-27(18-24)36(51)26-14-12-25(19-33(26)58-32)29-21-44-38(46-29)31-11-9-17-50(31)40(53)35(23(3)4)48-42(55)57-6/h12-15,18-19,22-23,28-31,34-35H,7-11,16-17,20-21H2,1-6H3,(H,43,45)(H,44,46)(H,47,54)(H,48,55)/t28?,29?,30-,31-,34-,35-/m0/s1. The first-order valence-electron chi connectivity index (χ1n) is 20.3. The number of carbonyl (C=O) groups is 4. The van der Waals surface area contributed by atoms with Gasteiger partial charge in [-0.3, -0.25) is 24.4 Å². The Hall–Kier alpha value is -5.67. The molecule has 1 aromatic heterocycles. The molecule has 2 unspecified atom stereocenters. The second kappa shape index (κ2) is 17.0. The largest absolute Gasteiger partial charge is 0.456 e. The van der Waals surface area contributed by atoms with E-state index in [2.05, 4.69) is 21.3 Å². The molecule has 7 rings (SSSR count). The minimum Gasteiger partial charge on any atom is -0.456 e. The number of likely N-dealkylation sites (tertiary alicyclic amines) is 2. The van der Waals surface area contributed by atoms with Crippen molar-refractivity contribution >= 4 is 57.6 Å². The maximum absolute atomic E-state index is 13.9. The highest BCUT2D eigenvalue weighted by molar-refractivity contribution is 5.97. The molecule has 0 saturated carbocycles. The number of amides is 4. The maximum Gasteiger partial charge on any atom is 0.407 e. The topological polar surface area (TPSA) is 196 Å². The van der Waals surface area contributed by atoms with E-state index in [0.717, 1.165) is 54.9 Å². The first kappa shape index (κ1) is 40.5. The fraction of sp³-hybridized carbons (Fsp3) is 0.548. The van der Waals surface area contributed by atoms with Crippen molar-refractivity contribution in [3.05, 3.63) is 57.7 Å². The van der Waals surface area contributed by atoms with Crippen molar-refractivity contribution in [3.63, 3.8) is 0 Å². The average Bonchev–Trinajstić information content (AvgIpc) is 4.03. The summed E-state index contributed by atoms with van der Waals surface area (Å²) in [5, 5.41) is 13.4.